The molecule has 12 heteroatoms. The number of anilines is 1. The number of allylic oxidation sites excluding steroid dienone is 4. The smallest absolute Gasteiger partial charge is 0.288 e. The Bertz CT molecular complexity index is 1520. The van der Waals surface area contributed by atoms with Crippen molar-refractivity contribution in [1.29, 1.82) is 0 Å². The normalized spacial score (nSPS) is 19.6. The molecule has 1 aliphatic carbocycles. The monoisotopic (exact) mass is 519 g/mol. The third-order valence-electron chi connectivity index (χ3n) is 6.46. The second-order valence-electron chi connectivity index (χ2n) is 9.55. The number of sulfonamides is 1. The summed E-state index contributed by atoms with van der Waals surface area (Å²) in [5.74, 6) is -0.400. The summed E-state index contributed by atoms with van der Waals surface area (Å²) in [4.78, 5) is 21.7. The van der Waals surface area contributed by atoms with Crippen molar-refractivity contribution in [2.24, 2.45) is 10.4 Å². The molecule has 0 unspecified atom stereocenters. The Morgan fingerprint density at radius 3 is 2.67 bits per heavy atom. The molecule has 190 valence electrons. The number of nitrogens with zero attached hydrogens (tertiary/aromatic N) is 4. The summed E-state index contributed by atoms with van der Waals surface area (Å²) in [7, 11) is -4.00. The largest absolute Gasteiger partial charge is 0.419 e. The van der Waals surface area contributed by atoms with Gasteiger partial charge in [0.15, 0.2) is 11.7 Å². The average molecular weight is 520 g/mol. The molecular formula is C24H24F3N5O3S. The van der Waals surface area contributed by atoms with E-state index in [0.29, 0.717) is 12.0 Å². The van der Waals surface area contributed by atoms with Crippen LogP contribution in [0, 0.1) is 5.41 Å². The molecule has 3 aliphatic rings. The zero-order valence-electron chi connectivity index (χ0n) is 19.6. The fourth-order valence-corrected chi connectivity index (χ4v) is 6.03. The van der Waals surface area contributed by atoms with E-state index in [2.05, 4.69) is 15.1 Å². The number of pyridine rings is 1. The minimum atomic E-state index is -4.68. The Morgan fingerprint density at radius 2 is 1.97 bits per heavy atom. The molecule has 2 aromatic rings. The first-order chi connectivity index (χ1) is 16.9. The lowest BCUT2D eigenvalue weighted by Crippen LogP contribution is -2.37. The lowest BCUT2D eigenvalue weighted by Gasteiger charge is -2.27. The van der Waals surface area contributed by atoms with Crippen LogP contribution in [0.3, 0.4) is 0 Å². The number of aromatic nitrogens is 3. The van der Waals surface area contributed by atoms with Gasteiger partial charge in [-0.2, -0.15) is 13.2 Å². The van der Waals surface area contributed by atoms with E-state index in [0.717, 1.165) is 15.1 Å². The highest BCUT2D eigenvalue weighted by atomic mass is 32.2. The van der Waals surface area contributed by atoms with Crippen molar-refractivity contribution >= 4 is 21.7 Å². The number of dihydropyridines is 1. The van der Waals surface area contributed by atoms with E-state index in [-0.39, 0.29) is 53.3 Å². The number of nitrogens with one attached hydrogen (secondary N) is 1. The average Bonchev–Trinajstić information content (AvgIpc) is 3.04. The van der Waals surface area contributed by atoms with E-state index in [4.69, 9.17) is 0 Å². The summed E-state index contributed by atoms with van der Waals surface area (Å²) in [5.41, 5.74) is -1.15. The number of fused-ring (bicyclic) bond motifs is 3. The van der Waals surface area contributed by atoms with Gasteiger partial charge < -0.3 is 0 Å². The maximum absolute atomic E-state index is 13.6. The number of alkyl halides is 3. The zero-order valence-corrected chi connectivity index (χ0v) is 20.4. The molecule has 8 nitrogen and oxygen atoms in total. The highest BCUT2D eigenvalue weighted by Crippen LogP contribution is 2.38. The number of hydrogen-bond acceptors (Lipinski definition) is 5. The highest BCUT2D eigenvalue weighted by molar-refractivity contribution is 7.96. The van der Waals surface area contributed by atoms with Crippen molar-refractivity contribution in [1.82, 2.24) is 14.8 Å². The van der Waals surface area contributed by atoms with Crippen LogP contribution in [0.2, 0.25) is 0 Å². The maximum atomic E-state index is 13.6. The molecule has 0 atom stereocenters. The second kappa shape index (κ2) is 8.32. The van der Waals surface area contributed by atoms with Gasteiger partial charge in [0.05, 0.1) is 16.2 Å². The predicted octanol–water partition coefficient (Wildman–Crippen LogP) is 3.94. The first-order valence-electron chi connectivity index (χ1n) is 11.4. The molecule has 36 heavy (non-hydrogen) atoms. The van der Waals surface area contributed by atoms with Gasteiger partial charge in [-0.15, -0.1) is 0 Å². The van der Waals surface area contributed by atoms with Crippen LogP contribution >= 0.6 is 0 Å². The predicted molar refractivity (Wildman–Crippen MR) is 130 cm³/mol. The van der Waals surface area contributed by atoms with Gasteiger partial charge in [-0.05, 0) is 42.9 Å². The summed E-state index contributed by atoms with van der Waals surface area (Å²) in [6.45, 7) is 4.02. The van der Waals surface area contributed by atoms with Crippen LogP contribution in [-0.4, -0.2) is 48.3 Å². The molecule has 0 saturated carbocycles. The summed E-state index contributed by atoms with van der Waals surface area (Å²) >= 11 is 0. The lowest BCUT2D eigenvalue weighted by atomic mass is 9.86. The summed E-state index contributed by atoms with van der Waals surface area (Å²) in [5, 5.41) is 2.77. The Balaban J connectivity index is 1.61. The molecule has 4 heterocycles. The fourth-order valence-electron chi connectivity index (χ4n) is 4.54. The molecule has 0 fully saturated rings. The van der Waals surface area contributed by atoms with E-state index < -0.39 is 33.2 Å². The molecular weight excluding hydrogens is 495 g/mol. The van der Waals surface area contributed by atoms with Crippen molar-refractivity contribution in [2.45, 2.75) is 39.3 Å². The molecule has 1 N–H and O–H groups in total. The van der Waals surface area contributed by atoms with Crippen LogP contribution in [-0.2, 0) is 16.4 Å². The quantitative estimate of drug-likeness (QED) is 0.650. The molecule has 2 aliphatic heterocycles. The minimum Gasteiger partial charge on any atom is -0.288 e. The van der Waals surface area contributed by atoms with E-state index in [1.54, 1.807) is 24.3 Å². The van der Waals surface area contributed by atoms with Crippen LogP contribution in [0.15, 0.2) is 62.9 Å². The Morgan fingerprint density at radius 1 is 1.19 bits per heavy atom. The van der Waals surface area contributed by atoms with Gasteiger partial charge in [0.2, 0.25) is 0 Å². The second-order valence-corrected chi connectivity index (χ2v) is 11.4. The summed E-state index contributed by atoms with van der Waals surface area (Å²) in [6, 6.07) is 3.17. The Hall–Kier alpha value is -3.41. The van der Waals surface area contributed by atoms with Gasteiger partial charge in [0, 0.05) is 30.4 Å². The lowest BCUT2D eigenvalue weighted by molar-refractivity contribution is -0.0868. The van der Waals surface area contributed by atoms with Crippen molar-refractivity contribution < 1.29 is 21.6 Å². The van der Waals surface area contributed by atoms with E-state index in [1.807, 2.05) is 19.9 Å². The van der Waals surface area contributed by atoms with E-state index in [1.165, 1.54) is 6.20 Å². The first-order valence-corrected chi connectivity index (χ1v) is 12.9. The summed E-state index contributed by atoms with van der Waals surface area (Å²) in [6.07, 6.45) is 3.51. The van der Waals surface area contributed by atoms with Gasteiger partial charge in [0.1, 0.15) is 0 Å². The molecule has 0 radical (unpaired) electrons. The number of halogens is 3. The van der Waals surface area contributed by atoms with Crippen molar-refractivity contribution in [3.05, 3.63) is 69.0 Å². The van der Waals surface area contributed by atoms with Crippen LogP contribution in [0.5, 0.6) is 0 Å². The van der Waals surface area contributed by atoms with Crippen molar-refractivity contribution in [3.8, 4) is 11.3 Å². The van der Waals surface area contributed by atoms with Gasteiger partial charge in [-0.1, -0.05) is 32.1 Å². The van der Waals surface area contributed by atoms with Crippen molar-refractivity contribution in [2.75, 3.05) is 17.4 Å². The van der Waals surface area contributed by atoms with Gasteiger partial charge in [0.25, 0.3) is 15.6 Å². The molecule has 5 rings (SSSR count). The SMILES string of the molecule is CC1(C)C=CC(S(=O)(=O)N2CCc3c([nH]n(C4=NCCC=C4C(F)(F)F)c3=O)-c3cccnc32)=CC1. The number of aliphatic imine (C=N–C) groups is 1. The number of hydrogen-bond donors (Lipinski definition) is 1. The van der Waals surface area contributed by atoms with Crippen LogP contribution < -0.4 is 9.86 Å². The topological polar surface area (TPSA) is 100 Å². The number of H-pyrrole nitrogens is 1. The molecule has 0 bridgehead atoms. The number of rotatable bonds is 2. The fraction of sp³-hybridized carbons (Fsp3) is 0.375. The van der Waals surface area contributed by atoms with Gasteiger partial charge >= 0.3 is 6.18 Å². The first kappa shape index (κ1) is 24.3. The van der Waals surface area contributed by atoms with E-state index in [9.17, 15) is 26.4 Å². The summed E-state index contributed by atoms with van der Waals surface area (Å²) < 4.78 is 70.1. The van der Waals surface area contributed by atoms with Crippen LogP contribution in [0.1, 0.15) is 32.3 Å². The van der Waals surface area contributed by atoms with Crippen LogP contribution in [0.4, 0.5) is 19.0 Å². The number of aromatic amines is 1. The van der Waals surface area contributed by atoms with E-state index >= 15 is 0 Å². The van der Waals surface area contributed by atoms with Gasteiger partial charge in [-0.3, -0.25) is 14.9 Å². The van der Waals surface area contributed by atoms with Crippen LogP contribution in [0.25, 0.3) is 11.3 Å². The minimum absolute atomic E-state index is 0.0198. The molecule has 0 aromatic carbocycles. The molecule has 0 spiro atoms. The molecule has 0 saturated heterocycles. The van der Waals surface area contributed by atoms with Crippen molar-refractivity contribution in [3.63, 3.8) is 0 Å². The molecule has 2 aromatic heterocycles. The standard InChI is InChI=1S/C24H24F3N5O3S/c1-23(2)10-7-15(8-11-23)36(34,35)31-14-9-17-19(16-5-3-12-28-20(16)31)30-32(22(17)33)21-18(24(25,26)27)6-4-13-29-21/h3,5-8,10,12,30H,4,9,11,13-14H2,1-2H3. The highest BCUT2D eigenvalue weighted by Gasteiger charge is 2.40. The Kier molecular flexibility index (Phi) is 5.62. The maximum Gasteiger partial charge on any atom is 0.419 e. The third-order valence-corrected chi connectivity index (χ3v) is 8.29. The Labute approximate surface area is 205 Å². The molecule has 0 amide bonds. The zero-order chi connectivity index (χ0) is 25.9. The van der Waals surface area contributed by atoms with Gasteiger partial charge in [-0.25, -0.2) is 22.4 Å². The third kappa shape index (κ3) is 4.02.